The number of hydrogen-bond donors (Lipinski definition) is 1. The first-order chi connectivity index (χ1) is 16.1. The molecule has 3 aliphatic rings. The molecule has 0 aromatic carbocycles. The van der Waals surface area contributed by atoms with Crippen LogP contribution in [-0.4, -0.2) is 81.8 Å². The van der Waals surface area contributed by atoms with Crippen molar-refractivity contribution in [3.05, 3.63) is 25.3 Å². The Balaban J connectivity index is 1.96. The Morgan fingerprint density at radius 3 is 2.56 bits per heavy atom. The summed E-state index contributed by atoms with van der Waals surface area (Å²) in [7, 11) is 0. The number of ether oxygens (including phenoxy) is 2. The van der Waals surface area contributed by atoms with Crippen molar-refractivity contribution in [3.63, 3.8) is 0 Å². The maximum absolute atomic E-state index is 13.9. The lowest BCUT2D eigenvalue weighted by Gasteiger charge is -2.39. The molecule has 0 aliphatic carbocycles. The Kier molecular flexibility index (Phi) is 7.92. The van der Waals surface area contributed by atoms with Gasteiger partial charge in [0, 0.05) is 12.6 Å². The standard InChI is InChI=1S/C26H40N2O6/c1-7-9-10-11-15-33-24(32)20-19-22(30)28(18(5)16-29)21(23(31)27(14-8-2)17(3)4)26(19)13-12-25(20,6)34-26/h7-8,17-21,29H,1-2,9-16H2,3-6H3/t18-,19+,20-,21?,25+,26?/m1/s1. The number of hydrogen-bond acceptors (Lipinski definition) is 6. The monoisotopic (exact) mass is 476 g/mol. The lowest BCUT2D eigenvalue weighted by Crippen LogP contribution is -2.59. The lowest BCUT2D eigenvalue weighted by molar-refractivity contribution is -0.162. The third-order valence-electron chi connectivity index (χ3n) is 7.72. The van der Waals surface area contributed by atoms with E-state index in [1.54, 1.807) is 17.9 Å². The highest BCUT2D eigenvalue weighted by Gasteiger charge is 2.78. The molecule has 1 N–H and O–H groups in total. The largest absolute Gasteiger partial charge is 0.465 e. The van der Waals surface area contributed by atoms with Gasteiger partial charge in [-0.25, -0.2) is 0 Å². The van der Waals surface area contributed by atoms with Crippen LogP contribution in [0.5, 0.6) is 0 Å². The van der Waals surface area contributed by atoms with E-state index >= 15 is 0 Å². The lowest BCUT2D eigenvalue weighted by atomic mass is 9.66. The van der Waals surface area contributed by atoms with E-state index in [0.717, 1.165) is 12.8 Å². The summed E-state index contributed by atoms with van der Waals surface area (Å²) in [6.45, 7) is 15.2. The van der Waals surface area contributed by atoms with Gasteiger partial charge in [-0.3, -0.25) is 14.4 Å². The zero-order valence-electron chi connectivity index (χ0n) is 21.0. The number of rotatable bonds is 12. The van der Waals surface area contributed by atoms with E-state index in [0.29, 0.717) is 25.8 Å². The first-order valence-corrected chi connectivity index (χ1v) is 12.4. The molecule has 3 fully saturated rings. The van der Waals surface area contributed by atoms with Gasteiger partial charge in [-0.1, -0.05) is 12.2 Å². The number of amides is 2. The average Bonchev–Trinajstić information content (AvgIpc) is 3.36. The number of unbranched alkanes of at least 4 members (excludes halogenated alkanes) is 2. The predicted octanol–water partition coefficient (Wildman–Crippen LogP) is 2.45. The smallest absolute Gasteiger partial charge is 0.312 e. The molecule has 3 rings (SSSR count). The van der Waals surface area contributed by atoms with E-state index in [4.69, 9.17) is 9.47 Å². The van der Waals surface area contributed by atoms with Crippen LogP contribution in [0.4, 0.5) is 0 Å². The van der Waals surface area contributed by atoms with Crippen molar-refractivity contribution in [1.29, 1.82) is 0 Å². The molecule has 0 saturated carbocycles. The molecular formula is C26H40N2O6. The molecule has 6 atom stereocenters. The number of allylic oxidation sites excluding steroid dienone is 1. The van der Waals surface area contributed by atoms with E-state index < -0.39 is 41.1 Å². The summed E-state index contributed by atoms with van der Waals surface area (Å²) in [6.07, 6.45) is 6.97. The fourth-order valence-corrected chi connectivity index (χ4v) is 6.07. The van der Waals surface area contributed by atoms with Crippen LogP contribution in [0.2, 0.25) is 0 Å². The van der Waals surface area contributed by atoms with Crippen molar-refractivity contribution in [1.82, 2.24) is 9.80 Å². The fraction of sp³-hybridized carbons (Fsp3) is 0.731. The second-order valence-electron chi connectivity index (χ2n) is 10.3. The molecule has 3 saturated heterocycles. The fourth-order valence-electron chi connectivity index (χ4n) is 6.07. The van der Waals surface area contributed by atoms with Gasteiger partial charge < -0.3 is 24.4 Å². The van der Waals surface area contributed by atoms with Crippen LogP contribution in [0.1, 0.15) is 59.8 Å². The minimum atomic E-state index is -1.12. The van der Waals surface area contributed by atoms with Crippen molar-refractivity contribution in [2.45, 2.75) is 89.1 Å². The third kappa shape index (κ3) is 4.19. The van der Waals surface area contributed by atoms with Crippen LogP contribution in [0.25, 0.3) is 0 Å². The molecule has 0 aromatic rings. The van der Waals surface area contributed by atoms with Crippen LogP contribution in [0.3, 0.4) is 0 Å². The maximum Gasteiger partial charge on any atom is 0.312 e. The number of carbonyl (C=O) groups is 3. The molecule has 0 radical (unpaired) electrons. The van der Waals surface area contributed by atoms with Crippen LogP contribution in [0, 0.1) is 11.8 Å². The first kappa shape index (κ1) is 26.4. The normalized spacial score (nSPS) is 32.6. The highest BCUT2D eigenvalue weighted by atomic mass is 16.6. The van der Waals surface area contributed by atoms with E-state index in [1.807, 2.05) is 26.8 Å². The van der Waals surface area contributed by atoms with Gasteiger partial charge in [0.25, 0.3) is 0 Å². The molecule has 34 heavy (non-hydrogen) atoms. The molecule has 0 aromatic heterocycles. The molecule has 8 nitrogen and oxygen atoms in total. The number of aliphatic hydroxyl groups is 1. The van der Waals surface area contributed by atoms with E-state index in [-0.39, 0.29) is 31.1 Å². The summed E-state index contributed by atoms with van der Waals surface area (Å²) in [5.74, 6) is -2.61. The molecule has 190 valence electrons. The summed E-state index contributed by atoms with van der Waals surface area (Å²) in [5.41, 5.74) is -1.99. The molecule has 2 unspecified atom stereocenters. The van der Waals surface area contributed by atoms with Gasteiger partial charge in [0.15, 0.2) is 0 Å². The summed E-state index contributed by atoms with van der Waals surface area (Å²) in [4.78, 5) is 44.2. The van der Waals surface area contributed by atoms with Gasteiger partial charge in [0.05, 0.1) is 30.8 Å². The number of carbonyl (C=O) groups excluding carboxylic acids is 3. The second-order valence-corrected chi connectivity index (χ2v) is 10.3. The van der Waals surface area contributed by atoms with Crippen LogP contribution in [-0.2, 0) is 23.9 Å². The Labute approximate surface area is 202 Å². The zero-order chi connectivity index (χ0) is 25.3. The van der Waals surface area contributed by atoms with E-state index in [1.165, 1.54) is 4.90 Å². The molecule has 2 bridgehead atoms. The average molecular weight is 477 g/mol. The summed E-state index contributed by atoms with van der Waals surface area (Å²) in [5, 5.41) is 9.93. The minimum Gasteiger partial charge on any atom is -0.465 e. The number of nitrogens with zero attached hydrogens (tertiary/aromatic N) is 2. The topological polar surface area (TPSA) is 96.4 Å². The third-order valence-corrected chi connectivity index (χ3v) is 7.72. The van der Waals surface area contributed by atoms with Gasteiger partial charge in [-0.05, 0) is 59.8 Å². The van der Waals surface area contributed by atoms with Crippen LogP contribution in [0.15, 0.2) is 25.3 Å². The summed E-state index contributed by atoms with van der Waals surface area (Å²) < 4.78 is 12.2. The second kappa shape index (κ2) is 10.2. The quantitative estimate of drug-likeness (QED) is 0.264. The Morgan fingerprint density at radius 1 is 1.26 bits per heavy atom. The number of fused-ring (bicyclic) bond motifs is 1. The molecule has 2 amide bonds. The number of aliphatic hydroxyl groups excluding tert-OH is 1. The van der Waals surface area contributed by atoms with Crippen LogP contribution < -0.4 is 0 Å². The van der Waals surface area contributed by atoms with E-state index in [9.17, 15) is 19.5 Å². The Hall–Kier alpha value is -2.19. The maximum atomic E-state index is 13.9. The van der Waals surface area contributed by atoms with Crippen molar-refractivity contribution in [3.8, 4) is 0 Å². The molecular weight excluding hydrogens is 436 g/mol. The Morgan fingerprint density at radius 2 is 1.97 bits per heavy atom. The van der Waals surface area contributed by atoms with Crippen LogP contribution >= 0.6 is 0 Å². The Bertz CT molecular complexity index is 828. The molecule has 3 heterocycles. The van der Waals surface area contributed by atoms with Crippen molar-refractivity contribution < 1.29 is 29.0 Å². The predicted molar refractivity (Wildman–Crippen MR) is 128 cm³/mol. The van der Waals surface area contributed by atoms with Crippen molar-refractivity contribution in [2.75, 3.05) is 19.8 Å². The molecule has 8 heteroatoms. The first-order valence-electron chi connectivity index (χ1n) is 12.4. The summed E-state index contributed by atoms with van der Waals surface area (Å²) in [6, 6.07) is -1.63. The van der Waals surface area contributed by atoms with Gasteiger partial charge in [0.1, 0.15) is 17.6 Å². The number of likely N-dealkylation sites (tertiary alicyclic amines) is 1. The van der Waals surface area contributed by atoms with Gasteiger partial charge >= 0.3 is 5.97 Å². The zero-order valence-corrected chi connectivity index (χ0v) is 21.0. The van der Waals surface area contributed by atoms with Crippen molar-refractivity contribution >= 4 is 17.8 Å². The minimum absolute atomic E-state index is 0.118. The van der Waals surface area contributed by atoms with Crippen molar-refractivity contribution in [2.24, 2.45) is 11.8 Å². The highest BCUT2D eigenvalue weighted by molar-refractivity contribution is 5.98. The highest BCUT2D eigenvalue weighted by Crippen LogP contribution is 2.63. The van der Waals surface area contributed by atoms with Gasteiger partial charge in [-0.2, -0.15) is 0 Å². The summed E-state index contributed by atoms with van der Waals surface area (Å²) >= 11 is 0. The number of esters is 1. The SMILES string of the molecule is C=CCCCCOC(=O)[C@H]1[C@H]2C(=O)N([C@H](C)CO)C(C(=O)N(CC=C)C(C)C)C23CC[C@]1(C)O3. The van der Waals surface area contributed by atoms with Gasteiger partial charge in [-0.15, -0.1) is 13.2 Å². The molecule has 1 spiro atoms. The molecule has 3 aliphatic heterocycles. The van der Waals surface area contributed by atoms with E-state index in [2.05, 4.69) is 13.2 Å². The van der Waals surface area contributed by atoms with Gasteiger partial charge in [0.2, 0.25) is 11.8 Å².